The third-order valence-corrected chi connectivity index (χ3v) is 9.07. The molecule has 4 aromatic rings. The summed E-state index contributed by atoms with van der Waals surface area (Å²) in [6, 6.07) is 25.8. The van der Waals surface area contributed by atoms with Gasteiger partial charge in [-0.3, -0.25) is 13.9 Å². The first-order chi connectivity index (χ1) is 20.5. The van der Waals surface area contributed by atoms with Crippen molar-refractivity contribution in [2.24, 2.45) is 0 Å². The van der Waals surface area contributed by atoms with Crippen molar-refractivity contribution in [3.63, 3.8) is 0 Å². The fraction of sp³-hybridized carbons (Fsp3) is 0.235. The lowest BCUT2D eigenvalue weighted by molar-refractivity contribution is -0.139. The summed E-state index contributed by atoms with van der Waals surface area (Å²) in [4.78, 5) is 29.1. The average molecular weight is 602 g/mol. The molecule has 1 N–H and O–H groups in total. The number of anilines is 1. The van der Waals surface area contributed by atoms with E-state index in [-0.39, 0.29) is 17.9 Å². The summed E-state index contributed by atoms with van der Waals surface area (Å²) in [6.45, 7) is 4.98. The maximum atomic E-state index is 14.3. The number of amides is 2. The maximum absolute atomic E-state index is 14.3. The number of carbonyl (C=O) groups is 2. The number of rotatable bonds is 11. The van der Waals surface area contributed by atoms with E-state index in [2.05, 4.69) is 5.32 Å². The zero-order valence-corrected chi connectivity index (χ0v) is 25.6. The molecule has 0 aliphatic heterocycles. The normalized spacial score (nSPS) is 11.9. The SMILES string of the molecule is CNC(=O)[C@H](Cc1ccccc1)N(Cc1ccc(F)cc1)C(=O)CN(c1ccc(C)cc1C)S(=O)(=O)c1ccc(C)cc1. The Morgan fingerprint density at radius 3 is 2.05 bits per heavy atom. The van der Waals surface area contributed by atoms with Gasteiger partial charge in [-0.05, 0) is 67.8 Å². The first kappa shape index (κ1) is 31.4. The van der Waals surface area contributed by atoms with Gasteiger partial charge in [0.15, 0.2) is 0 Å². The van der Waals surface area contributed by atoms with Gasteiger partial charge in [0.25, 0.3) is 10.0 Å². The van der Waals surface area contributed by atoms with Gasteiger partial charge in [-0.15, -0.1) is 0 Å². The Kier molecular flexibility index (Phi) is 9.98. The minimum atomic E-state index is -4.19. The number of carbonyl (C=O) groups excluding carboxylic acids is 2. The smallest absolute Gasteiger partial charge is 0.264 e. The molecule has 0 unspecified atom stereocenters. The average Bonchev–Trinajstić information content (AvgIpc) is 2.99. The van der Waals surface area contributed by atoms with Gasteiger partial charge < -0.3 is 10.2 Å². The van der Waals surface area contributed by atoms with Crippen LogP contribution in [0.15, 0.2) is 102 Å². The molecule has 9 heteroatoms. The lowest BCUT2D eigenvalue weighted by Crippen LogP contribution is -2.53. The highest BCUT2D eigenvalue weighted by atomic mass is 32.2. The van der Waals surface area contributed by atoms with Crippen molar-refractivity contribution in [2.75, 3.05) is 17.9 Å². The summed E-state index contributed by atoms with van der Waals surface area (Å²) in [6.07, 6.45) is 0.196. The van der Waals surface area contributed by atoms with Crippen LogP contribution in [0, 0.1) is 26.6 Å². The van der Waals surface area contributed by atoms with Crippen LogP contribution < -0.4 is 9.62 Å². The van der Waals surface area contributed by atoms with E-state index in [4.69, 9.17) is 0 Å². The number of halogens is 1. The van der Waals surface area contributed by atoms with Gasteiger partial charge in [-0.1, -0.05) is 77.9 Å². The summed E-state index contributed by atoms with van der Waals surface area (Å²) in [5.74, 6) is -1.41. The minimum Gasteiger partial charge on any atom is -0.357 e. The summed E-state index contributed by atoms with van der Waals surface area (Å²) in [5.41, 5.74) is 4.30. The molecule has 4 aromatic carbocycles. The predicted molar refractivity (Wildman–Crippen MR) is 167 cm³/mol. The van der Waals surface area contributed by atoms with Crippen LogP contribution >= 0.6 is 0 Å². The van der Waals surface area contributed by atoms with Gasteiger partial charge in [0.1, 0.15) is 18.4 Å². The molecule has 0 radical (unpaired) electrons. The molecule has 0 heterocycles. The van der Waals surface area contributed by atoms with Crippen LogP contribution in [0.4, 0.5) is 10.1 Å². The van der Waals surface area contributed by atoms with Crippen molar-refractivity contribution in [3.8, 4) is 0 Å². The zero-order chi connectivity index (χ0) is 31.1. The number of nitrogens with zero attached hydrogens (tertiary/aromatic N) is 2. The highest BCUT2D eigenvalue weighted by molar-refractivity contribution is 7.92. The van der Waals surface area contributed by atoms with Crippen molar-refractivity contribution >= 4 is 27.5 Å². The molecule has 224 valence electrons. The van der Waals surface area contributed by atoms with E-state index >= 15 is 0 Å². The second-order valence-corrected chi connectivity index (χ2v) is 12.4. The molecule has 0 aliphatic carbocycles. The van der Waals surface area contributed by atoms with E-state index in [1.807, 2.05) is 50.2 Å². The van der Waals surface area contributed by atoms with E-state index in [0.717, 1.165) is 21.0 Å². The quantitative estimate of drug-likeness (QED) is 0.252. The number of sulfonamides is 1. The van der Waals surface area contributed by atoms with Gasteiger partial charge >= 0.3 is 0 Å². The summed E-state index contributed by atoms with van der Waals surface area (Å²) < 4.78 is 43.1. The summed E-state index contributed by atoms with van der Waals surface area (Å²) in [7, 11) is -2.70. The number of benzene rings is 4. The number of aryl methyl sites for hydroxylation is 3. The fourth-order valence-corrected chi connectivity index (χ4v) is 6.42. The van der Waals surface area contributed by atoms with Crippen LogP contribution in [-0.2, 0) is 32.6 Å². The molecule has 0 saturated heterocycles. The Morgan fingerprint density at radius 2 is 1.44 bits per heavy atom. The van der Waals surface area contributed by atoms with E-state index in [1.54, 1.807) is 43.3 Å². The fourth-order valence-electron chi connectivity index (χ4n) is 4.94. The Morgan fingerprint density at radius 1 is 0.814 bits per heavy atom. The van der Waals surface area contributed by atoms with Crippen LogP contribution in [-0.4, -0.2) is 44.8 Å². The van der Waals surface area contributed by atoms with Crippen molar-refractivity contribution < 1.29 is 22.4 Å². The lowest BCUT2D eigenvalue weighted by Gasteiger charge is -2.34. The lowest BCUT2D eigenvalue weighted by atomic mass is 10.0. The Hall–Kier alpha value is -4.50. The monoisotopic (exact) mass is 601 g/mol. The zero-order valence-electron chi connectivity index (χ0n) is 24.7. The summed E-state index contributed by atoms with van der Waals surface area (Å²) in [5, 5.41) is 2.65. The van der Waals surface area contributed by atoms with Crippen LogP contribution in [0.3, 0.4) is 0 Å². The van der Waals surface area contributed by atoms with E-state index in [0.29, 0.717) is 16.8 Å². The molecule has 0 bridgehead atoms. The molecule has 0 aromatic heterocycles. The Labute approximate surface area is 253 Å². The van der Waals surface area contributed by atoms with Gasteiger partial charge in [0.2, 0.25) is 11.8 Å². The third kappa shape index (κ3) is 7.67. The molecule has 7 nitrogen and oxygen atoms in total. The molecule has 0 fully saturated rings. The number of nitrogens with one attached hydrogen (secondary N) is 1. The van der Waals surface area contributed by atoms with Crippen molar-refractivity contribution in [2.45, 2.75) is 44.7 Å². The molecule has 0 spiro atoms. The number of hydrogen-bond acceptors (Lipinski definition) is 4. The first-order valence-electron chi connectivity index (χ1n) is 14.0. The van der Waals surface area contributed by atoms with Crippen LogP contribution in [0.2, 0.25) is 0 Å². The number of hydrogen-bond donors (Lipinski definition) is 1. The second-order valence-electron chi connectivity index (χ2n) is 10.6. The van der Waals surface area contributed by atoms with Crippen molar-refractivity contribution in [3.05, 3.63) is 131 Å². The van der Waals surface area contributed by atoms with Crippen LogP contribution in [0.25, 0.3) is 0 Å². The molecule has 0 saturated carbocycles. The van der Waals surface area contributed by atoms with Crippen molar-refractivity contribution in [1.82, 2.24) is 10.2 Å². The topological polar surface area (TPSA) is 86.8 Å². The van der Waals surface area contributed by atoms with Crippen molar-refractivity contribution in [1.29, 1.82) is 0 Å². The van der Waals surface area contributed by atoms with E-state index in [1.165, 1.54) is 36.2 Å². The molecule has 43 heavy (non-hydrogen) atoms. The van der Waals surface area contributed by atoms with Crippen LogP contribution in [0.5, 0.6) is 0 Å². The largest absolute Gasteiger partial charge is 0.357 e. The number of likely N-dealkylation sites (N-methyl/N-ethyl adjacent to an activating group) is 1. The maximum Gasteiger partial charge on any atom is 0.264 e. The van der Waals surface area contributed by atoms with Gasteiger partial charge in [-0.25, -0.2) is 12.8 Å². The molecule has 4 rings (SSSR count). The molecule has 2 amide bonds. The Bertz CT molecular complexity index is 1680. The minimum absolute atomic E-state index is 0.0324. The highest BCUT2D eigenvalue weighted by Crippen LogP contribution is 2.28. The highest BCUT2D eigenvalue weighted by Gasteiger charge is 2.34. The standard InChI is InChI=1S/C34H36FN3O4S/c1-24-10-17-30(18-11-24)43(41,42)38(31-19-12-25(2)20-26(31)3)23-33(39)37(22-28-13-15-29(35)16-14-28)32(34(40)36-4)21-27-8-6-5-7-9-27/h5-20,32H,21-23H2,1-4H3,(H,36,40)/t32-/m0/s1. The molecule has 1 atom stereocenters. The third-order valence-electron chi connectivity index (χ3n) is 7.29. The first-order valence-corrected chi connectivity index (χ1v) is 15.4. The van der Waals surface area contributed by atoms with Gasteiger partial charge in [0.05, 0.1) is 10.6 Å². The second kappa shape index (κ2) is 13.6. The Balaban J connectivity index is 1.81. The summed E-state index contributed by atoms with van der Waals surface area (Å²) >= 11 is 0. The van der Waals surface area contributed by atoms with E-state index < -0.39 is 40.2 Å². The molecule has 0 aliphatic rings. The van der Waals surface area contributed by atoms with E-state index in [9.17, 15) is 22.4 Å². The molecular formula is C34H36FN3O4S. The predicted octanol–water partition coefficient (Wildman–Crippen LogP) is 5.33. The van der Waals surface area contributed by atoms with Gasteiger partial charge in [0, 0.05) is 20.0 Å². The molecular weight excluding hydrogens is 565 g/mol. The van der Waals surface area contributed by atoms with Crippen LogP contribution in [0.1, 0.15) is 27.8 Å². The van der Waals surface area contributed by atoms with Gasteiger partial charge in [-0.2, -0.15) is 0 Å².